The van der Waals surface area contributed by atoms with Crippen molar-refractivity contribution in [3.8, 4) is 11.3 Å². The summed E-state index contributed by atoms with van der Waals surface area (Å²) in [6.07, 6.45) is 18.6. The summed E-state index contributed by atoms with van der Waals surface area (Å²) >= 11 is 36.3. The normalized spacial score (nSPS) is 21.6. The summed E-state index contributed by atoms with van der Waals surface area (Å²) in [5.41, 5.74) is 52.6. The number of nitrogens with two attached hydrogens (primary N) is 7. The molecule has 4 spiro atoms. The van der Waals surface area contributed by atoms with Crippen LogP contribution < -0.4 is 59.7 Å². The lowest BCUT2D eigenvalue weighted by atomic mass is 9.73. The number of aryl methyl sites for hydroxylation is 3. The van der Waals surface area contributed by atoms with Crippen molar-refractivity contribution in [3.05, 3.63) is 151 Å². The van der Waals surface area contributed by atoms with E-state index in [1.807, 2.05) is 99.6 Å². The number of nitrogens with zero attached hydrogens (tertiary/aromatic N) is 19. The molecule has 134 heavy (non-hydrogen) atoms. The number of fused-ring (bicyclic) bond motifs is 4. The minimum Gasteiger partial charge on any atom is -0.390 e. The van der Waals surface area contributed by atoms with Gasteiger partial charge in [-0.1, -0.05) is 105 Å². The summed E-state index contributed by atoms with van der Waals surface area (Å²) in [5.74, 6) is 4.52. The van der Waals surface area contributed by atoms with E-state index in [1.54, 1.807) is 37.1 Å². The fourth-order valence-electron chi connectivity index (χ4n) is 19.1. The molecule has 0 bridgehead atoms. The lowest BCUT2D eigenvalue weighted by molar-refractivity contribution is 0.0973. The van der Waals surface area contributed by atoms with Gasteiger partial charge >= 0.3 is 0 Å². The SMILES string of the molecule is C[C@@H]1OCC2(CCN(c3ncc(Sc4ccnc(N)c4Cl)n4nccc34)CC2)[C@@H]1N.Cc1nc(N2CCC3(CC2)CO[C@@H](C)[C@H]3N)c2cc(CO)nn2c1-c1cccc(Cl)c1Cl.Cc1nc(N2CCC3(CC2)CO[C@@H](C)[C@H]3N)c2cc(CO)nn2c1Sc1ccnc(N)c1Cl.Cc1nc(N2CCC3(CC2)CO[C@@H](C)[C@H]3N)c2ccnn2c1Sc1ccnc(N)c1Cl.S.S.S.S.S.S.S.S. The molecule has 48 heteroatoms. The van der Waals surface area contributed by atoms with Gasteiger partial charge in [-0.25, -0.2) is 52.9 Å². The van der Waals surface area contributed by atoms with Crippen LogP contribution in [-0.4, -0.2) is 211 Å². The number of halogens is 5. The van der Waals surface area contributed by atoms with Crippen molar-refractivity contribution in [2.24, 2.45) is 44.6 Å². The minimum atomic E-state index is -0.157. The van der Waals surface area contributed by atoms with Crippen molar-refractivity contribution < 1.29 is 29.2 Å². The largest absolute Gasteiger partial charge is 0.390 e. The number of anilines is 7. The number of aliphatic hydroxyl groups excluding tert-OH is 2. The number of pyridine rings is 3. The van der Waals surface area contributed by atoms with Gasteiger partial charge in [0.1, 0.15) is 54.6 Å². The van der Waals surface area contributed by atoms with Crippen molar-refractivity contribution in [1.82, 2.24) is 73.3 Å². The van der Waals surface area contributed by atoms with Crippen LogP contribution in [0, 0.1) is 42.4 Å². The Bertz CT molecular complexity index is 6050. The first-order valence-electron chi connectivity index (χ1n) is 42.4. The number of aliphatic hydroxyl groups is 2. The summed E-state index contributed by atoms with van der Waals surface area (Å²) in [4.78, 5) is 43.5. The van der Waals surface area contributed by atoms with E-state index in [9.17, 15) is 10.2 Å². The zero-order chi connectivity index (χ0) is 88.6. The quantitative estimate of drug-likeness (QED) is 0.0517. The molecule has 32 nitrogen and oxygen atoms in total. The number of piperidine rings is 4. The van der Waals surface area contributed by atoms with Gasteiger partial charge in [0.25, 0.3) is 0 Å². The summed E-state index contributed by atoms with van der Waals surface area (Å²) in [5, 5.41) is 42.7. The van der Waals surface area contributed by atoms with E-state index in [0.717, 1.165) is 234 Å². The van der Waals surface area contributed by atoms with E-state index >= 15 is 0 Å². The van der Waals surface area contributed by atoms with Gasteiger partial charge in [-0.2, -0.15) is 128 Å². The van der Waals surface area contributed by atoms with Crippen molar-refractivity contribution in [1.29, 1.82) is 0 Å². The van der Waals surface area contributed by atoms with Crippen LogP contribution in [0.15, 0.2) is 128 Å². The Labute approximate surface area is 872 Å². The monoisotopic (exact) mass is 2140 g/mol. The number of rotatable bonds is 13. The van der Waals surface area contributed by atoms with E-state index in [1.165, 1.54) is 35.3 Å². The third-order valence-corrected chi connectivity index (χ3v) is 32.9. The smallest absolute Gasteiger partial charge is 0.155 e. The molecule has 16 N–H and O–H groups in total. The zero-order valence-corrected chi connectivity index (χ0v) is 89.3. The van der Waals surface area contributed by atoms with Gasteiger partial charge in [0.15, 0.2) is 23.3 Å². The molecule has 8 aliphatic heterocycles. The van der Waals surface area contributed by atoms with Crippen LogP contribution >= 0.6 is 201 Å². The number of hydrogen-bond acceptors (Lipinski definition) is 31. The van der Waals surface area contributed by atoms with Gasteiger partial charge in [0.05, 0.1) is 142 Å². The topological polar surface area (TPSA) is 432 Å². The Morgan fingerprint density at radius 2 is 0.731 bits per heavy atom. The van der Waals surface area contributed by atoms with E-state index in [0.29, 0.717) is 48.1 Å². The molecule has 8 fully saturated rings. The van der Waals surface area contributed by atoms with Gasteiger partial charge < -0.3 is 88.9 Å². The van der Waals surface area contributed by atoms with Crippen molar-refractivity contribution in [2.45, 2.75) is 191 Å². The molecule has 0 unspecified atom stereocenters. The van der Waals surface area contributed by atoms with Crippen LogP contribution in [0.1, 0.15) is 108 Å². The molecule has 0 amide bonds. The molecule has 20 rings (SSSR count). The molecule has 8 saturated heterocycles. The van der Waals surface area contributed by atoms with Gasteiger partial charge in [-0.05, 0) is 148 Å². The lowest BCUT2D eigenvalue weighted by Gasteiger charge is -2.41. The Balaban J connectivity index is 0.000000197. The van der Waals surface area contributed by atoms with Crippen molar-refractivity contribution in [3.63, 3.8) is 0 Å². The third kappa shape index (κ3) is 21.7. The molecule has 19 heterocycles. The third-order valence-electron chi connectivity index (χ3n) is 27.0. The number of nitrogen functional groups attached to an aromatic ring is 3. The van der Waals surface area contributed by atoms with Gasteiger partial charge in [0.2, 0.25) is 0 Å². The molecule has 1 aromatic carbocycles. The van der Waals surface area contributed by atoms with Crippen LogP contribution in [0.2, 0.25) is 25.1 Å². The predicted octanol–water partition coefficient (Wildman–Crippen LogP) is 13.4. The van der Waals surface area contributed by atoms with Crippen LogP contribution in [0.4, 0.5) is 40.7 Å². The highest BCUT2D eigenvalue weighted by atomic mass is 35.5. The first kappa shape index (κ1) is 112. The molecule has 732 valence electrons. The highest BCUT2D eigenvalue weighted by molar-refractivity contribution is 8.00. The Morgan fingerprint density at radius 3 is 1.11 bits per heavy atom. The standard InChI is InChI=1S/C23H27Cl2N5O2.C22H28ClN7O2S.C21H26ClN7OS.C20H24ClN7OS.8H2S/c1-13-20(16-4-3-5-17(24)19(16)25)30-18(10-15(11-31)28-30)22(27-13)29-8-6-23(7-9-29)12-32-14(2)21(23)26;1-12-21(33-16-3-6-26-19(25)17(16)23)30-15(9-14(10-31)28-30)20(27-12)29-7-4-22(5-8-29)11-32-13(2)18(22)24;1-12-20(31-15-4-7-25-18(24)16(15)22)29-14(3-8-26-29)19(27-12)28-9-5-21(6-10-28)11-30-13(2)17(21)23;1-12-17(22)20(11-29-12)4-8-27(9-5-20)19-13-2-7-26-28(13)15(10-25-19)30-14-3-6-24-18(23)16(14)21;;;;;;;;/h3-5,10,14,21,31H,6-9,11-12,26H2,1-2H3;3,6,9,13,18,31H,4-5,7-8,10-11,24H2,1-2H3,(H2,25,26);3-4,7-8,13,17H,5-6,9-11,23H2,1-2H3,(H2,24,25);2-3,6-7,10,12,17H,4-5,8-9,11,22H2,1H3,(H2,23,24);8*1H2/t14-,21+;13-,18+;13-,17+;12-,17+;;;;;;;;/m0000......../s1. The molecule has 8 atom stereocenters. The van der Waals surface area contributed by atoms with Crippen molar-refractivity contribution in [2.75, 3.05) is 116 Å². The number of benzene rings is 1. The lowest BCUT2D eigenvalue weighted by Crippen LogP contribution is -2.50. The van der Waals surface area contributed by atoms with E-state index < -0.39 is 0 Å². The summed E-state index contributed by atoms with van der Waals surface area (Å²) in [6.45, 7) is 23.8. The highest BCUT2D eigenvalue weighted by Crippen LogP contribution is 2.50. The maximum absolute atomic E-state index is 9.78. The first-order valence-corrected chi connectivity index (χ1v) is 46.7. The fourth-order valence-corrected chi connectivity index (χ4v) is 23.0. The zero-order valence-electron chi connectivity index (χ0n) is 75.1. The molecular weight excluding hydrogens is 2020 g/mol. The van der Waals surface area contributed by atoms with E-state index in [-0.39, 0.29) is 197 Å². The maximum Gasteiger partial charge on any atom is 0.155 e. The summed E-state index contributed by atoms with van der Waals surface area (Å²) in [7, 11) is 0. The van der Waals surface area contributed by atoms with Gasteiger partial charge in [-0.3, -0.25) is 0 Å². The molecule has 0 radical (unpaired) electrons. The predicted molar refractivity (Wildman–Crippen MR) is 579 cm³/mol. The minimum absolute atomic E-state index is 0. The highest BCUT2D eigenvalue weighted by Gasteiger charge is 2.52. The average molecular weight is 2150 g/mol. The number of ether oxygens (including phenoxy) is 4. The number of hydrogen-bond donors (Lipinski definition) is 9. The molecule has 8 aliphatic rings. The Kier molecular flexibility index (Phi) is 39.0. The number of aromatic nitrogens is 15. The second-order valence-corrected chi connectivity index (χ2v) is 39.4. The summed E-state index contributed by atoms with van der Waals surface area (Å²) in [6, 6.07) is 19.1. The Hall–Kier alpha value is -5.35. The first-order chi connectivity index (χ1) is 60.5. The second-order valence-electron chi connectivity index (χ2n) is 34.4. The van der Waals surface area contributed by atoms with Crippen molar-refractivity contribution >= 4 is 264 Å². The Morgan fingerprint density at radius 1 is 0.396 bits per heavy atom. The molecule has 11 aromatic heterocycles. The maximum atomic E-state index is 9.78. The average Bonchev–Trinajstić information content (AvgIpc) is 1.29. The van der Waals surface area contributed by atoms with E-state index in [2.05, 4.69) is 82.6 Å². The molecule has 0 saturated carbocycles. The molecular formula is C86H121Cl5N26O6S11. The van der Waals surface area contributed by atoms with Gasteiger partial charge in [-0.15, -0.1) is 0 Å². The fraction of sp³-hybridized carbons (Fsp3) is 0.477. The second kappa shape index (κ2) is 46.6. The van der Waals surface area contributed by atoms with Crippen LogP contribution in [0.3, 0.4) is 0 Å². The van der Waals surface area contributed by atoms with Crippen LogP contribution in [-0.2, 0) is 32.2 Å². The van der Waals surface area contributed by atoms with Crippen LogP contribution in [0.5, 0.6) is 0 Å². The molecule has 12 aromatic rings. The van der Waals surface area contributed by atoms with E-state index in [4.69, 9.17) is 137 Å². The molecule has 0 aliphatic carbocycles. The summed E-state index contributed by atoms with van der Waals surface area (Å²) < 4.78 is 31.0. The van der Waals surface area contributed by atoms with Crippen LogP contribution in [0.25, 0.3) is 33.3 Å². The van der Waals surface area contributed by atoms with Gasteiger partial charge in [0, 0.05) is 137 Å².